The number of aryl methyl sites for hydroxylation is 1. The Balaban J connectivity index is 1.60. The number of carbonyl (C=O) groups excluding carboxylic acids is 2. The molecule has 2 heterocycles. The molecule has 3 aromatic rings. The number of Topliss-reactive ketones (excluding diaryl/α,β-unsaturated/α-hetero) is 1. The number of ether oxygens (including phenoxy) is 1. The monoisotopic (exact) mass is 474 g/mol. The van der Waals surface area contributed by atoms with Crippen LogP contribution >= 0.6 is 11.3 Å². The average molecular weight is 475 g/mol. The molecule has 0 radical (unpaired) electrons. The Morgan fingerprint density at radius 2 is 1.85 bits per heavy atom. The summed E-state index contributed by atoms with van der Waals surface area (Å²) in [5.74, 6) is -0.654. The van der Waals surface area contributed by atoms with E-state index in [0.29, 0.717) is 16.3 Å². The number of methoxy groups -OCH3 is 1. The highest BCUT2D eigenvalue weighted by atomic mass is 32.1. The van der Waals surface area contributed by atoms with Crippen molar-refractivity contribution in [3.05, 3.63) is 82.1 Å². The first kappa shape index (κ1) is 22.3. The van der Waals surface area contributed by atoms with Gasteiger partial charge in [0.05, 0.1) is 29.3 Å². The van der Waals surface area contributed by atoms with Crippen LogP contribution in [0.1, 0.15) is 52.7 Å². The van der Waals surface area contributed by atoms with Crippen LogP contribution in [0.2, 0.25) is 0 Å². The standard InChI is InChI=1S/C27H26N2O4S/c1-16-25(34-26(28-16)17-9-4-3-5-10-17)23(30)21-22(18-11-8-14-20(15-18)33-2)29(27(32)24(21)31)19-12-6-7-13-19/h3-5,8-11,14-15,19,22,31H,6-7,12-13H2,1-2H3. The zero-order chi connectivity index (χ0) is 23.8. The second-order valence-corrected chi connectivity index (χ2v) is 9.72. The summed E-state index contributed by atoms with van der Waals surface area (Å²) in [6, 6.07) is 16.4. The number of aliphatic hydroxyl groups excluding tert-OH is 1. The Labute approximate surface area is 202 Å². The van der Waals surface area contributed by atoms with Crippen molar-refractivity contribution in [3.8, 4) is 16.3 Å². The van der Waals surface area contributed by atoms with Crippen molar-refractivity contribution in [2.75, 3.05) is 7.11 Å². The summed E-state index contributed by atoms with van der Waals surface area (Å²) in [6.45, 7) is 1.79. The molecule has 0 saturated heterocycles. The van der Waals surface area contributed by atoms with Crippen LogP contribution in [-0.4, -0.2) is 39.8 Å². The lowest BCUT2D eigenvalue weighted by atomic mass is 9.94. The van der Waals surface area contributed by atoms with Gasteiger partial charge in [-0.1, -0.05) is 55.3 Å². The number of hydrogen-bond donors (Lipinski definition) is 1. The topological polar surface area (TPSA) is 79.7 Å². The van der Waals surface area contributed by atoms with E-state index in [9.17, 15) is 14.7 Å². The molecule has 174 valence electrons. The highest BCUT2D eigenvalue weighted by Gasteiger charge is 2.47. The lowest BCUT2D eigenvalue weighted by Crippen LogP contribution is -2.38. The number of ketones is 1. The summed E-state index contributed by atoms with van der Waals surface area (Å²) in [4.78, 5) is 34.0. The third-order valence-electron chi connectivity index (χ3n) is 6.64. The minimum atomic E-state index is -0.667. The van der Waals surface area contributed by atoms with Gasteiger partial charge in [0.1, 0.15) is 10.8 Å². The predicted octanol–water partition coefficient (Wildman–Crippen LogP) is 5.65. The highest BCUT2D eigenvalue weighted by Crippen LogP contribution is 2.45. The van der Waals surface area contributed by atoms with Crippen molar-refractivity contribution >= 4 is 23.0 Å². The molecule has 1 unspecified atom stereocenters. The molecule has 0 spiro atoms. The Hall–Kier alpha value is -3.45. The van der Waals surface area contributed by atoms with Gasteiger partial charge in [0.15, 0.2) is 5.76 Å². The lowest BCUT2D eigenvalue weighted by molar-refractivity contribution is -0.131. The summed E-state index contributed by atoms with van der Waals surface area (Å²) < 4.78 is 5.41. The summed E-state index contributed by atoms with van der Waals surface area (Å²) in [7, 11) is 1.58. The molecule has 34 heavy (non-hydrogen) atoms. The molecular formula is C27H26N2O4S. The van der Waals surface area contributed by atoms with Crippen molar-refractivity contribution in [2.45, 2.75) is 44.7 Å². The minimum Gasteiger partial charge on any atom is -0.503 e. The maximum atomic E-state index is 13.9. The zero-order valence-corrected chi connectivity index (χ0v) is 20.0. The number of aliphatic hydroxyl groups is 1. The van der Waals surface area contributed by atoms with Crippen LogP contribution in [0.3, 0.4) is 0 Å². The third kappa shape index (κ3) is 3.80. The van der Waals surface area contributed by atoms with Crippen LogP contribution in [0.4, 0.5) is 0 Å². The molecule has 5 rings (SSSR count). The molecule has 1 N–H and O–H groups in total. The molecule has 7 heteroatoms. The maximum Gasteiger partial charge on any atom is 0.290 e. The molecule has 1 aliphatic heterocycles. The van der Waals surface area contributed by atoms with Crippen LogP contribution in [0.5, 0.6) is 5.75 Å². The quantitative estimate of drug-likeness (QED) is 0.467. The number of hydrogen-bond acceptors (Lipinski definition) is 6. The number of benzene rings is 2. The molecule has 2 aromatic carbocycles. The molecule has 1 saturated carbocycles. The first-order valence-electron chi connectivity index (χ1n) is 11.5. The van der Waals surface area contributed by atoms with Crippen molar-refractivity contribution in [1.29, 1.82) is 0 Å². The van der Waals surface area contributed by atoms with E-state index in [1.165, 1.54) is 11.3 Å². The van der Waals surface area contributed by atoms with Gasteiger partial charge in [-0.15, -0.1) is 11.3 Å². The molecular weight excluding hydrogens is 448 g/mol. The Morgan fingerprint density at radius 3 is 2.56 bits per heavy atom. The Kier molecular flexibility index (Phi) is 5.96. The summed E-state index contributed by atoms with van der Waals surface area (Å²) in [5, 5.41) is 11.7. The number of amides is 1. The van der Waals surface area contributed by atoms with E-state index < -0.39 is 17.7 Å². The second-order valence-electron chi connectivity index (χ2n) is 8.72. The third-order valence-corrected chi connectivity index (χ3v) is 7.84. The fraction of sp³-hybridized carbons (Fsp3) is 0.296. The number of aromatic nitrogens is 1. The van der Waals surface area contributed by atoms with Crippen LogP contribution in [-0.2, 0) is 4.79 Å². The minimum absolute atomic E-state index is 0.0152. The van der Waals surface area contributed by atoms with Gasteiger partial charge in [0, 0.05) is 11.6 Å². The van der Waals surface area contributed by atoms with E-state index in [0.717, 1.165) is 41.8 Å². The first-order valence-corrected chi connectivity index (χ1v) is 12.3. The molecule has 1 aromatic heterocycles. The van der Waals surface area contributed by atoms with Crippen LogP contribution in [0.15, 0.2) is 65.9 Å². The van der Waals surface area contributed by atoms with E-state index in [1.54, 1.807) is 18.9 Å². The second kappa shape index (κ2) is 9.06. The van der Waals surface area contributed by atoms with Gasteiger partial charge in [-0.25, -0.2) is 4.98 Å². The predicted molar refractivity (Wildman–Crippen MR) is 131 cm³/mol. The van der Waals surface area contributed by atoms with Gasteiger partial charge in [0.2, 0.25) is 5.78 Å². The van der Waals surface area contributed by atoms with Crippen molar-refractivity contribution < 1.29 is 19.4 Å². The van der Waals surface area contributed by atoms with Gasteiger partial charge < -0.3 is 14.7 Å². The largest absolute Gasteiger partial charge is 0.503 e. The molecule has 6 nitrogen and oxygen atoms in total. The fourth-order valence-corrected chi connectivity index (χ4v) is 6.01. The number of rotatable bonds is 6. The lowest BCUT2D eigenvalue weighted by Gasteiger charge is -2.32. The molecule has 1 atom stereocenters. The Morgan fingerprint density at radius 1 is 1.12 bits per heavy atom. The average Bonchev–Trinajstić information content (AvgIpc) is 3.58. The van der Waals surface area contributed by atoms with E-state index in [2.05, 4.69) is 4.98 Å². The van der Waals surface area contributed by atoms with Gasteiger partial charge in [-0.2, -0.15) is 0 Å². The van der Waals surface area contributed by atoms with Gasteiger partial charge in [-0.3, -0.25) is 9.59 Å². The van der Waals surface area contributed by atoms with Crippen LogP contribution in [0, 0.1) is 6.92 Å². The normalized spacial score (nSPS) is 18.7. The van der Waals surface area contributed by atoms with E-state index in [-0.39, 0.29) is 17.4 Å². The van der Waals surface area contributed by atoms with E-state index in [4.69, 9.17) is 4.74 Å². The first-order chi connectivity index (χ1) is 16.5. The molecule has 1 fully saturated rings. The molecule has 2 aliphatic rings. The Bertz CT molecular complexity index is 1270. The van der Waals surface area contributed by atoms with Crippen molar-refractivity contribution in [2.24, 2.45) is 0 Å². The number of nitrogens with zero attached hydrogens (tertiary/aromatic N) is 2. The molecule has 1 amide bonds. The SMILES string of the molecule is COc1cccc(C2C(C(=O)c3sc(-c4ccccc4)nc3C)=C(O)C(=O)N2C2CCCC2)c1. The maximum absolute atomic E-state index is 13.9. The smallest absolute Gasteiger partial charge is 0.290 e. The fourth-order valence-electron chi connectivity index (χ4n) is 4.99. The number of carbonyl (C=O) groups is 2. The zero-order valence-electron chi connectivity index (χ0n) is 19.2. The number of thiazole rings is 1. The van der Waals surface area contributed by atoms with Crippen molar-refractivity contribution in [3.63, 3.8) is 0 Å². The van der Waals surface area contributed by atoms with Crippen LogP contribution < -0.4 is 4.74 Å². The van der Waals surface area contributed by atoms with Gasteiger partial charge >= 0.3 is 0 Å². The van der Waals surface area contributed by atoms with E-state index >= 15 is 0 Å². The summed E-state index contributed by atoms with van der Waals surface area (Å²) in [5.41, 5.74) is 2.38. The highest BCUT2D eigenvalue weighted by molar-refractivity contribution is 7.17. The molecule has 0 bridgehead atoms. The molecule has 1 aliphatic carbocycles. The van der Waals surface area contributed by atoms with Crippen LogP contribution in [0.25, 0.3) is 10.6 Å². The van der Waals surface area contributed by atoms with E-state index in [1.807, 2.05) is 54.6 Å². The summed E-state index contributed by atoms with van der Waals surface area (Å²) >= 11 is 1.29. The van der Waals surface area contributed by atoms with Crippen molar-refractivity contribution in [1.82, 2.24) is 9.88 Å². The summed E-state index contributed by atoms with van der Waals surface area (Å²) in [6.07, 6.45) is 3.77. The van der Waals surface area contributed by atoms with Gasteiger partial charge in [0.25, 0.3) is 5.91 Å². The van der Waals surface area contributed by atoms with Gasteiger partial charge in [-0.05, 0) is 37.5 Å².